The van der Waals surface area contributed by atoms with Crippen LogP contribution >= 0.6 is 0 Å². The highest BCUT2D eigenvalue weighted by molar-refractivity contribution is 6.09. The van der Waals surface area contributed by atoms with E-state index in [0.29, 0.717) is 17.7 Å². The van der Waals surface area contributed by atoms with Gasteiger partial charge in [-0.15, -0.1) is 6.58 Å². The molecule has 1 N–H and O–H groups in total. The van der Waals surface area contributed by atoms with Crippen molar-refractivity contribution in [1.82, 2.24) is 0 Å². The molecule has 0 heterocycles. The summed E-state index contributed by atoms with van der Waals surface area (Å²) in [6, 6.07) is 16.8. The molecule has 2 heteroatoms. The summed E-state index contributed by atoms with van der Waals surface area (Å²) in [5, 5.41) is 3.17. The van der Waals surface area contributed by atoms with Crippen LogP contribution in [-0.4, -0.2) is 12.3 Å². The molecule has 2 rings (SSSR count). The summed E-state index contributed by atoms with van der Waals surface area (Å²) in [6.07, 6.45) is 1.79. The number of ketones is 1. The minimum absolute atomic E-state index is 0.0471. The van der Waals surface area contributed by atoms with Crippen molar-refractivity contribution in [2.75, 3.05) is 11.9 Å². The molecule has 2 aromatic carbocycles. The van der Waals surface area contributed by atoms with Crippen LogP contribution in [0.5, 0.6) is 0 Å². The zero-order valence-corrected chi connectivity index (χ0v) is 10.1. The fourth-order valence-corrected chi connectivity index (χ4v) is 1.69. The van der Waals surface area contributed by atoms with E-state index in [1.165, 1.54) is 0 Å². The normalized spacial score (nSPS) is 9.78. The first-order valence-electron chi connectivity index (χ1n) is 5.86. The zero-order chi connectivity index (χ0) is 12.8. The van der Waals surface area contributed by atoms with E-state index in [9.17, 15) is 4.79 Å². The Morgan fingerprint density at radius 3 is 2.22 bits per heavy atom. The zero-order valence-electron chi connectivity index (χ0n) is 10.1. The second-order valence-corrected chi connectivity index (χ2v) is 3.94. The van der Waals surface area contributed by atoms with E-state index in [4.69, 9.17) is 0 Å². The monoisotopic (exact) mass is 237 g/mol. The molecular formula is C16H15NO. The average molecular weight is 237 g/mol. The van der Waals surface area contributed by atoms with Crippen LogP contribution in [0.4, 0.5) is 5.69 Å². The molecule has 0 bridgehead atoms. The van der Waals surface area contributed by atoms with E-state index >= 15 is 0 Å². The fraction of sp³-hybridized carbons (Fsp3) is 0.0625. The van der Waals surface area contributed by atoms with Gasteiger partial charge in [-0.3, -0.25) is 4.79 Å². The largest absolute Gasteiger partial charge is 0.382 e. The lowest BCUT2D eigenvalue weighted by atomic mass is 10.0. The molecule has 0 atom stereocenters. The summed E-state index contributed by atoms with van der Waals surface area (Å²) >= 11 is 0. The summed E-state index contributed by atoms with van der Waals surface area (Å²) in [5.41, 5.74) is 2.40. The molecule has 0 amide bonds. The standard InChI is InChI=1S/C16H15NO/c1-2-12-17-15-10-8-14(9-11-15)16(18)13-6-4-3-5-7-13/h2-11,17H,1,12H2. The number of hydrogen-bond acceptors (Lipinski definition) is 2. The van der Waals surface area contributed by atoms with Crippen molar-refractivity contribution in [1.29, 1.82) is 0 Å². The molecule has 0 unspecified atom stereocenters. The maximum absolute atomic E-state index is 12.1. The number of carbonyl (C=O) groups is 1. The highest BCUT2D eigenvalue weighted by Gasteiger charge is 2.07. The molecule has 0 radical (unpaired) electrons. The van der Waals surface area contributed by atoms with Crippen LogP contribution in [0.3, 0.4) is 0 Å². The first-order chi connectivity index (χ1) is 8.81. The Kier molecular flexibility index (Phi) is 3.92. The molecule has 0 saturated carbocycles. The second kappa shape index (κ2) is 5.82. The lowest BCUT2D eigenvalue weighted by Gasteiger charge is -2.05. The van der Waals surface area contributed by atoms with E-state index in [0.717, 1.165) is 5.69 Å². The minimum Gasteiger partial charge on any atom is -0.382 e. The van der Waals surface area contributed by atoms with Gasteiger partial charge in [-0.1, -0.05) is 36.4 Å². The van der Waals surface area contributed by atoms with Crippen molar-refractivity contribution in [3.63, 3.8) is 0 Å². The van der Waals surface area contributed by atoms with Crippen LogP contribution in [-0.2, 0) is 0 Å². The Morgan fingerprint density at radius 1 is 1.00 bits per heavy atom. The van der Waals surface area contributed by atoms with Gasteiger partial charge < -0.3 is 5.32 Å². The van der Waals surface area contributed by atoms with Gasteiger partial charge in [0.05, 0.1) is 0 Å². The van der Waals surface area contributed by atoms with Gasteiger partial charge in [0, 0.05) is 23.4 Å². The third-order valence-corrected chi connectivity index (χ3v) is 2.63. The van der Waals surface area contributed by atoms with Gasteiger partial charge in [0.1, 0.15) is 0 Å². The quantitative estimate of drug-likeness (QED) is 0.637. The summed E-state index contributed by atoms with van der Waals surface area (Å²) in [6.45, 7) is 4.36. The maximum Gasteiger partial charge on any atom is 0.193 e. The van der Waals surface area contributed by atoms with Crippen LogP contribution in [0.1, 0.15) is 15.9 Å². The van der Waals surface area contributed by atoms with E-state index in [-0.39, 0.29) is 5.78 Å². The Balaban J connectivity index is 2.14. The molecule has 0 aliphatic rings. The molecular weight excluding hydrogens is 222 g/mol. The van der Waals surface area contributed by atoms with Gasteiger partial charge in [-0.05, 0) is 24.3 Å². The van der Waals surface area contributed by atoms with Gasteiger partial charge in [-0.25, -0.2) is 0 Å². The van der Waals surface area contributed by atoms with Crippen LogP contribution in [0.15, 0.2) is 67.3 Å². The molecule has 2 aromatic rings. The highest BCUT2D eigenvalue weighted by Crippen LogP contribution is 2.13. The van der Waals surface area contributed by atoms with Crippen molar-refractivity contribution in [3.05, 3.63) is 78.4 Å². The second-order valence-electron chi connectivity index (χ2n) is 3.94. The van der Waals surface area contributed by atoms with E-state index in [1.807, 2.05) is 54.6 Å². The number of hydrogen-bond donors (Lipinski definition) is 1. The average Bonchev–Trinajstić information content (AvgIpc) is 2.46. The number of nitrogens with one attached hydrogen (secondary N) is 1. The van der Waals surface area contributed by atoms with Crippen molar-refractivity contribution in [3.8, 4) is 0 Å². The van der Waals surface area contributed by atoms with Gasteiger partial charge >= 0.3 is 0 Å². The molecule has 0 fully saturated rings. The molecule has 0 saturated heterocycles. The lowest BCUT2D eigenvalue weighted by Crippen LogP contribution is -2.02. The van der Waals surface area contributed by atoms with Gasteiger partial charge in [-0.2, -0.15) is 0 Å². The van der Waals surface area contributed by atoms with Crippen molar-refractivity contribution >= 4 is 11.5 Å². The number of carbonyl (C=O) groups excluding carboxylic acids is 1. The number of benzene rings is 2. The van der Waals surface area contributed by atoms with Crippen LogP contribution in [0.2, 0.25) is 0 Å². The minimum atomic E-state index is 0.0471. The van der Waals surface area contributed by atoms with Crippen molar-refractivity contribution < 1.29 is 4.79 Å². The summed E-state index contributed by atoms with van der Waals surface area (Å²) in [5.74, 6) is 0.0471. The first-order valence-corrected chi connectivity index (χ1v) is 5.86. The third-order valence-electron chi connectivity index (χ3n) is 2.63. The summed E-state index contributed by atoms with van der Waals surface area (Å²) < 4.78 is 0. The lowest BCUT2D eigenvalue weighted by molar-refractivity contribution is 0.103. The Morgan fingerprint density at radius 2 is 1.61 bits per heavy atom. The number of rotatable bonds is 5. The first kappa shape index (κ1) is 12.1. The predicted molar refractivity (Wildman–Crippen MR) is 75.0 cm³/mol. The van der Waals surface area contributed by atoms with Crippen LogP contribution < -0.4 is 5.32 Å². The highest BCUT2D eigenvalue weighted by atomic mass is 16.1. The van der Waals surface area contributed by atoms with Gasteiger partial charge in [0.2, 0.25) is 0 Å². The van der Waals surface area contributed by atoms with Crippen molar-refractivity contribution in [2.24, 2.45) is 0 Å². The molecule has 0 aliphatic heterocycles. The smallest absolute Gasteiger partial charge is 0.193 e. The SMILES string of the molecule is C=CCNc1ccc(C(=O)c2ccccc2)cc1. The molecule has 0 spiro atoms. The number of anilines is 1. The van der Waals surface area contributed by atoms with Crippen LogP contribution in [0.25, 0.3) is 0 Å². The fourth-order valence-electron chi connectivity index (χ4n) is 1.69. The van der Waals surface area contributed by atoms with Crippen LogP contribution in [0, 0.1) is 0 Å². The van der Waals surface area contributed by atoms with Gasteiger partial charge in [0.15, 0.2) is 5.78 Å². The third kappa shape index (κ3) is 2.86. The molecule has 18 heavy (non-hydrogen) atoms. The van der Waals surface area contributed by atoms with Crippen molar-refractivity contribution in [2.45, 2.75) is 0 Å². The maximum atomic E-state index is 12.1. The van der Waals surface area contributed by atoms with E-state index in [2.05, 4.69) is 11.9 Å². The molecule has 2 nitrogen and oxygen atoms in total. The van der Waals surface area contributed by atoms with E-state index in [1.54, 1.807) is 6.08 Å². The Bertz CT molecular complexity index is 529. The molecule has 0 aliphatic carbocycles. The molecule has 0 aromatic heterocycles. The van der Waals surface area contributed by atoms with E-state index < -0.39 is 0 Å². The predicted octanol–water partition coefficient (Wildman–Crippen LogP) is 3.52. The van der Waals surface area contributed by atoms with Gasteiger partial charge in [0.25, 0.3) is 0 Å². The summed E-state index contributed by atoms with van der Waals surface area (Å²) in [4.78, 5) is 12.1. The Labute approximate surface area is 107 Å². The molecule has 90 valence electrons. The topological polar surface area (TPSA) is 29.1 Å². The summed E-state index contributed by atoms with van der Waals surface area (Å²) in [7, 11) is 0. The Hall–Kier alpha value is -2.35.